The van der Waals surface area contributed by atoms with Gasteiger partial charge in [0.25, 0.3) is 5.91 Å². The van der Waals surface area contributed by atoms with E-state index in [2.05, 4.69) is 17.2 Å². The standard InChI is InChI=1S/C21H20N2OS/c1-3-18-19(17-12-8-5-9-13-17)22-21(25-18)23-20(24)15(2)14-16-10-6-4-7-11-16/h4-14H,3H2,1-2H3,(H,22,23,24)/b15-14+. The zero-order chi connectivity index (χ0) is 17.6. The fraction of sp³-hybridized carbons (Fsp3) is 0.143. The van der Waals surface area contributed by atoms with Gasteiger partial charge in [0.15, 0.2) is 5.13 Å². The lowest BCUT2D eigenvalue weighted by atomic mass is 10.1. The Bertz CT molecular complexity index is 883. The molecule has 3 nitrogen and oxygen atoms in total. The summed E-state index contributed by atoms with van der Waals surface area (Å²) in [6.07, 6.45) is 2.76. The van der Waals surface area contributed by atoms with Gasteiger partial charge in [-0.2, -0.15) is 0 Å². The number of nitrogens with zero attached hydrogens (tertiary/aromatic N) is 1. The molecule has 1 N–H and O–H groups in total. The average molecular weight is 348 g/mol. The van der Waals surface area contributed by atoms with Crippen LogP contribution in [-0.2, 0) is 11.2 Å². The molecule has 1 heterocycles. The summed E-state index contributed by atoms with van der Waals surface area (Å²) < 4.78 is 0. The van der Waals surface area contributed by atoms with Crippen LogP contribution in [0.3, 0.4) is 0 Å². The molecule has 0 aliphatic carbocycles. The van der Waals surface area contributed by atoms with E-state index in [9.17, 15) is 4.79 Å². The SMILES string of the molecule is CCc1sc(NC(=O)/C(C)=C/c2ccccc2)nc1-c1ccccc1. The molecule has 25 heavy (non-hydrogen) atoms. The maximum absolute atomic E-state index is 12.4. The lowest BCUT2D eigenvalue weighted by molar-refractivity contribution is -0.112. The van der Waals surface area contributed by atoms with E-state index in [1.807, 2.05) is 73.7 Å². The molecular formula is C21H20N2OS. The first-order valence-electron chi connectivity index (χ1n) is 8.27. The number of benzene rings is 2. The van der Waals surface area contributed by atoms with Gasteiger partial charge in [0.1, 0.15) is 0 Å². The van der Waals surface area contributed by atoms with Crippen LogP contribution in [0, 0.1) is 0 Å². The molecule has 3 rings (SSSR count). The Balaban J connectivity index is 1.80. The minimum absolute atomic E-state index is 0.125. The molecule has 0 spiro atoms. The van der Waals surface area contributed by atoms with Gasteiger partial charge in [0.05, 0.1) is 5.69 Å². The Kier molecular flexibility index (Phi) is 5.41. The third-order valence-electron chi connectivity index (χ3n) is 3.83. The maximum atomic E-state index is 12.4. The van der Waals surface area contributed by atoms with Gasteiger partial charge in [-0.15, -0.1) is 11.3 Å². The van der Waals surface area contributed by atoms with Crippen molar-refractivity contribution in [2.75, 3.05) is 5.32 Å². The normalized spacial score (nSPS) is 11.4. The van der Waals surface area contributed by atoms with Crippen LogP contribution in [0.15, 0.2) is 66.2 Å². The number of carbonyl (C=O) groups is 1. The third-order valence-corrected chi connectivity index (χ3v) is 4.94. The number of hydrogen-bond acceptors (Lipinski definition) is 3. The molecule has 3 aromatic rings. The summed E-state index contributed by atoms with van der Waals surface area (Å²) in [5, 5.41) is 3.57. The Morgan fingerprint density at radius 3 is 2.36 bits per heavy atom. The fourth-order valence-corrected chi connectivity index (χ4v) is 3.45. The average Bonchev–Trinajstić information content (AvgIpc) is 3.06. The number of carbonyl (C=O) groups excluding carboxylic acids is 1. The van der Waals surface area contributed by atoms with Crippen LogP contribution >= 0.6 is 11.3 Å². The molecule has 126 valence electrons. The van der Waals surface area contributed by atoms with Gasteiger partial charge in [0, 0.05) is 16.0 Å². The second-order valence-electron chi connectivity index (χ2n) is 5.70. The number of aromatic nitrogens is 1. The molecule has 2 aromatic carbocycles. The molecule has 1 amide bonds. The fourth-order valence-electron chi connectivity index (χ4n) is 2.53. The zero-order valence-electron chi connectivity index (χ0n) is 14.3. The molecule has 0 atom stereocenters. The first-order valence-corrected chi connectivity index (χ1v) is 9.09. The molecular weight excluding hydrogens is 328 g/mol. The molecule has 0 saturated heterocycles. The number of nitrogens with one attached hydrogen (secondary N) is 1. The second kappa shape index (κ2) is 7.90. The predicted molar refractivity (Wildman–Crippen MR) is 106 cm³/mol. The summed E-state index contributed by atoms with van der Waals surface area (Å²) in [6.45, 7) is 3.92. The topological polar surface area (TPSA) is 42.0 Å². The van der Waals surface area contributed by atoms with Crippen LogP contribution in [0.25, 0.3) is 17.3 Å². The summed E-state index contributed by atoms with van der Waals surface area (Å²) in [5.41, 5.74) is 3.69. The van der Waals surface area contributed by atoms with Gasteiger partial charge < -0.3 is 0 Å². The van der Waals surface area contributed by atoms with Crippen LogP contribution in [0.5, 0.6) is 0 Å². The maximum Gasteiger partial charge on any atom is 0.253 e. The van der Waals surface area contributed by atoms with Crippen LogP contribution < -0.4 is 5.32 Å². The Morgan fingerprint density at radius 1 is 1.08 bits per heavy atom. The largest absolute Gasteiger partial charge is 0.298 e. The quantitative estimate of drug-likeness (QED) is 0.626. The summed E-state index contributed by atoms with van der Waals surface area (Å²) in [6, 6.07) is 19.9. The molecule has 0 unspecified atom stereocenters. The van der Waals surface area contributed by atoms with Gasteiger partial charge >= 0.3 is 0 Å². The highest BCUT2D eigenvalue weighted by Crippen LogP contribution is 2.31. The van der Waals surface area contributed by atoms with E-state index in [4.69, 9.17) is 0 Å². The van der Waals surface area contributed by atoms with Gasteiger partial charge in [0.2, 0.25) is 0 Å². The Morgan fingerprint density at radius 2 is 1.72 bits per heavy atom. The molecule has 0 aliphatic rings. The van der Waals surface area contributed by atoms with Crippen molar-refractivity contribution < 1.29 is 4.79 Å². The van der Waals surface area contributed by atoms with Crippen molar-refractivity contribution >= 4 is 28.5 Å². The summed E-state index contributed by atoms with van der Waals surface area (Å²) in [5.74, 6) is -0.125. The van der Waals surface area contributed by atoms with Crippen molar-refractivity contribution in [1.29, 1.82) is 0 Å². The van der Waals surface area contributed by atoms with Crippen molar-refractivity contribution in [3.63, 3.8) is 0 Å². The number of rotatable bonds is 5. The van der Waals surface area contributed by atoms with Crippen molar-refractivity contribution in [2.45, 2.75) is 20.3 Å². The van der Waals surface area contributed by atoms with Crippen molar-refractivity contribution in [3.05, 3.63) is 76.7 Å². The second-order valence-corrected chi connectivity index (χ2v) is 6.79. The molecule has 0 saturated carbocycles. The zero-order valence-corrected chi connectivity index (χ0v) is 15.1. The highest BCUT2D eigenvalue weighted by molar-refractivity contribution is 7.16. The van der Waals surface area contributed by atoms with Crippen LogP contribution in [0.4, 0.5) is 5.13 Å². The number of amides is 1. The lowest BCUT2D eigenvalue weighted by Gasteiger charge is -2.02. The number of thiazole rings is 1. The lowest BCUT2D eigenvalue weighted by Crippen LogP contribution is -2.12. The van der Waals surface area contributed by atoms with Gasteiger partial charge in [-0.3, -0.25) is 10.1 Å². The first-order chi connectivity index (χ1) is 12.2. The van der Waals surface area contributed by atoms with Crippen LogP contribution in [0.1, 0.15) is 24.3 Å². The first kappa shape index (κ1) is 17.1. The van der Waals surface area contributed by atoms with Gasteiger partial charge in [-0.1, -0.05) is 67.6 Å². The molecule has 0 bridgehead atoms. The van der Waals surface area contributed by atoms with E-state index < -0.39 is 0 Å². The molecule has 0 aliphatic heterocycles. The van der Waals surface area contributed by atoms with Crippen LogP contribution in [-0.4, -0.2) is 10.9 Å². The highest BCUT2D eigenvalue weighted by Gasteiger charge is 2.14. The predicted octanol–water partition coefficient (Wildman–Crippen LogP) is 5.41. The molecule has 1 aromatic heterocycles. The van der Waals surface area contributed by atoms with Gasteiger partial charge in [-0.05, 0) is 25.0 Å². The number of hydrogen-bond donors (Lipinski definition) is 1. The third kappa shape index (κ3) is 4.22. The van der Waals surface area contributed by atoms with Crippen molar-refractivity contribution in [1.82, 2.24) is 4.98 Å². The molecule has 0 radical (unpaired) electrons. The molecule has 0 fully saturated rings. The van der Waals surface area contributed by atoms with E-state index in [1.54, 1.807) is 0 Å². The minimum atomic E-state index is -0.125. The highest BCUT2D eigenvalue weighted by atomic mass is 32.1. The Hall–Kier alpha value is -2.72. The van der Waals surface area contributed by atoms with Crippen molar-refractivity contribution in [2.24, 2.45) is 0 Å². The van der Waals surface area contributed by atoms with E-state index in [1.165, 1.54) is 16.2 Å². The van der Waals surface area contributed by atoms with E-state index in [-0.39, 0.29) is 5.91 Å². The van der Waals surface area contributed by atoms with Crippen molar-refractivity contribution in [3.8, 4) is 11.3 Å². The Labute approximate surface area is 152 Å². The summed E-state index contributed by atoms with van der Waals surface area (Å²) in [4.78, 5) is 18.3. The summed E-state index contributed by atoms with van der Waals surface area (Å²) in [7, 11) is 0. The monoisotopic (exact) mass is 348 g/mol. The van der Waals surface area contributed by atoms with E-state index in [0.29, 0.717) is 10.7 Å². The number of aryl methyl sites for hydroxylation is 1. The smallest absolute Gasteiger partial charge is 0.253 e. The minimum Gasteiger partial charge on any atom is -0.298 e. The molecule has 4 heteroatoms. The van der Waals surface area contributed by atoms with Gasteiger partial charge in [-0.25, -0.2) is 4.98 Å². The number of anilines is 1. The van der Waals surface area contributed by atoms with E-state index in [0.717, 1.165) is 23.2 Å². The van der Waals surface area contributed by atoms with Crippen LogP contribution in [0.2, 0.25) is 0 Å². The summed E-state index contributed by atoms with van der Waals surface area (Å²) >= 11 is 1.54. The van der Waals surface area contributed by atoms with E-state index >= 15 is 0 Å².